The molecular formula is C18H18N3O4+. The lowest BCUT2D eigenvalue weighted by Gasteiger charge is -2.33. The summed E-state index contributed by atoms with van der Waals surface area (Å²) in [6, 6.07) is 3.60. The number of hydrogen-bond acceptors (Lipinski definition) is 4. The van der Waals surface area contributed by atoms with Crippen molar-refractivity contribution in [2.24, 2.45) is 0 Å². The Bertz CT molecular complexity index is 858. The number of hydrogen-bond donors (Lipinski definition) is 0. The molecule has 1 unspecified atom stereocenters. The van der Waals surface area contributed by atoms with E-state index >= 15 is 0 Å². The molecule has 7 heteroatoms. The normalized spacial score (nSPS) is 33.4. The number of carbonyl (C=O) groups excluding carboxylic acids is 2. The van der Waals surface area contributed by atoms with Crippen molar-refractivity contribution in [2.75, 3.05) is 6.79 Å². The molecule has 2 amide bonds. The predicted octanol–water partition coefficient (Wildman–Crippen LogP) is 1.38. The molecule has 2 saturated heterocycles. The van der Waals surface area contributed by atoms with Gasteiger partial charge in [-0.25, -0.2) is 11.4 Å². The maximum absolute atomic E-state index is 12.9. The summed E-state index contributed by atoms with van der Waals surface area (Å²) in [5.74, 6) is 0.830. The number of benzene rings is 1. The Morgan fingerprint density at radius 2 is 2.08 bits per heavy atom. The first kappa shape index (κ1) is 15.6. The van der Waals surface area contributed by atoms with E-state index in [0.29, 0.717) is 17.9 Å². The van der Waals surface area contributed by atoms with E-state index in [9.17, 15) is 9.59 Å². The maximum Gasteiger partial charge on any atom is 0.410 e. The van der Waals surface area contributed by atoms with Crippen molar-refractivity contribution in [1.82, 2.24) is 4.90 Å². The second kappa shape index (κ2) is 5.06. The highest BCUT2D eigenvalue weighted by molar-refractivity contribution is 5.93. The molecule has 3 aliphatic heterocycles. The third-order valence-electron chi connectivity index (χ3n) is 5.42. The van der Waals surface area contributed by atoms with Gasteiger partial charge in [0.05, 0.1) is 6.42 Å². The summed E-state index contributed by atoms with van der Waals surface area (Å²) in [4.78, 5) is 31.0. The highest BCUT2D eigenvalue weighted by atomic mass is 16.7. The average molecular weight is 340 g/mol. The molecule has 128 valence electrons. The average Bonchev–Trinajstić information content (AvgIpc) is 3.20. The minimum Gasteiger partial charge on any atom is -0.454 e. The fourth-order valence-corrected chi connectivity index (χ4v) is 4.01. The Hall–Kier alpha value is -2.88. The molecule has 0 saturated carbocycles. The number of amides is 2. The monoisotopic (exact) mass is 340 g/mol. The Labute approximate surface area is 145 Å². The van der Waals surface area contributed by atoms with Gasteiger partial charge in [0.1, 0.15) is 12.8 Å². The molecule has 1 aromatic rings. The van der Waals surface area contributed by atoms with E-state index in [4.69, 9.17) is 16.0 Å². The summed E-state index contributed by atoms with van der Waals surface area (Å²) < 4.78 is 12.0. The number of rotatable bonds is 1. The van der Waals surface area contributed by atoms with Gasteiger partial charge in [0.15, 0.2) is 17.5 Å². The third kappa shape index (κ3) is 2.00. The van der Waals surface area contributed by atoms with Crippen LogP contribution < -0.4 is 9.47 Å². The van der Waals surface area contributed by atoms with Crippen LogP contribution in [0.1, 0.15) is 31.9 Å². The zero-order valence-corrected chi connectivity index (χ0v) is 14.1. The fraction of sp³-hybridized carbons (Fsp3) is 0.444. The van der Waals surface area contributed by atoms with Gasteiger partial charge in [-0.05, 0) is 17.7 Å². The molecule has 0 radical (unpaired) electrons. The topological polar surface area (TPSA) is 63.2 Å². The molecule has 0 N–H and O–H groups in total. The summed E-state index contributed by atoms with van der Waals surface area (Å²) >= 11 is 0. The predicted molar refractivity (Wildman–Crippen MR) is 87.4 cm³/mol. The highest BCUT2D eigenvalue weighted by Crippen LogP contribution is 2.49. The van der Waals surface area contributed by atoms with Crippen LogP contribution >= 0.6 is 0 Å². The van der Waals surface area contributed by atoms with Gasteiger partial charge in [-0.3, -0.25) is 4.79 Å². The van der Waals surface area contributed by atoms with Crippen molar-refractivity contribution < 1.29 is 23.6 Å². The molecule has 0 bridgehead atoms. The molecule has 0 spiro atoms. The van der Waals surface area contributed by atoms with Gasteiger partial charge in [0.25, 0.3) is 11.4 Å². The largest absolute Gasteiger partial charge is 0.454 e. The maximum atomic E-state index is 12.9. The molecule has 3 aliphatic rings. The molecule has 2 fully saturated rings. The van der Waals surface area contributed by atoms with Gasteiger partial charge < -0.3 is 19.2 Å². The van der Waals surface area contributed by atoms with Crippen molar-refractivity contribution >= 4 is 18.5 Å². The highest BCUT2D eigenvalue weighted by Gasteiger charge is 2.65. The van der Waals surface area contributed by atoms with Gasteiger partial charge in [0.2, 0.25) is 12.8 Å². The van der Waals surface area contributed by atoms with E-state index < -0.39 is 23.7 Å². The first-order chi connectivity index (χ1) is 11.9. The van der Waals surface area contributed by atoms with Crippen LogP contribution in [0.25, 0.3) is 4.85 Å². The van der Waals surface area contributed by atoms with E-state index in [0.717, 1.165) is 5.56 Å². The molecule has 0 aliphatic carbocycles. The van der Waals surface area contributed by atoms with Crippen LogP contribution in [-0.4, -0.2) is 52.4 Å². The summed E-state index contributed by atoms with van der Waals surface area (Å²) in [7, 11) is 0. The van der Waals surface area contributed by atoms with E-state index in [1.165, 1.54) is 4.58 Å². The van der Waals surface area contributed by atoms with Crippen molar-refractivity contribution in [3.05, 3.63) is 35.2 Å². The minimum absolute atomic E-state index is 0.154. The summed E-state index contributed by atoms with van der Waals surface area (Å²) in [6.45, 7) is 15.0. The van der Waals surface area contributed by atoms with E-state index in [1.807, 2.05) is 6.07 Å². The van der Waals surface area contributed by atoms with Crippen LogP contribution in [0.3, 0.4) is 0 Å². The van der Waals surface area contributed by atoms with E-state index in [2.05, 4.69) is 11.6 Å². The molecular weight excluding hydrogens is 322 g/mol. The van der Waals surface area contributed by atoms with Crippen LogP contribution in [-0.2, 0) is 9.59 Å². The summed E-state index contributed by atoms with van der Waals surface area (Å²) in [6.07, 6.45) is 0.291. The number of fused-ring (bicyclic) bond motifs is 2. The number of piperazine rings is 1. The third-order valence-corrected chi connectivity index (χ3v) is 5.42. The molecule has 3 heterocycles. The van der Waals surface area contributed by atoms with Crippen molar-refractivity contribution in [2.45, 2.75) is 43.9 Å². The van der Waals surface area contributed by atoms with Crippen LogP contribution in [0, 0.1) is 6.57 Å². The zero-order chi connectivity index (χ0) is 17.9. The summed E-state index contributed by atoms with van der Waals surface area (Å²) in [5, 5.41) is 0. The molecule has 7 nitrogen and oxygen atoms in total. The minimum atomic E-state index is -0.894. The lowest BCUT2D eigenvalue weighted by atomic mass is 9.87. The van der Waals surface area contributed by atoms with Gasteiger partial charge in [-0.2, -0.15) is 4.58 Å². The number of nitrogens with zero attached hydrogens (tertiary/aromatic N) is 3. The summed E-state index contributed by atoms with van der Waals surface area (Å²) in [5.41, 5.74) is -0.120. The van der Waals surface area contributed by atoms with E-state index in [-0.39, 0.29) is 18.6 Å². The van der Waals surface area contributed by atoms with Gasteiger partial charge in [0, 0.05) is 13.8 Å². The van der Waals surface area contributed by atoms with Gasteiger partial charge >= 0.3 is 5.91 Å². The number of carbonyl (C=O) groups is 2. The van der Waals surface area contributed by atoms with Crippen LogP contribution in [0.4, 0.5) is 0 Å². The SMILES string of the molecule is [C-]#[N+][C@@]1(C)CC2C(=O)[N+](=C)[C@H](C)C(=O)N2[C@H]1c1ccc2c(c1)OCO2. The fourth-order valence-electron chi connectivity index (χ4n) is 4.01. The van der Waals surface area contributed by atoms with Crippen LogP contribution in [0.2, 0.25) is 0 Å². The Morgan fingerprint density at radius 3 is 2.80 bits per heavy atom. The van der Waals surface area contributed by atoms with Crippen LogP contribution in [0.15, 0.2) is 18.2 Å². The standard InChI is InChI=1S/C18H18N3O4/c1-10-16(22)21-12(17(23)20(10)4)8-18(2,19-3)15(21)11-5-6-13-14(7-11)25-9-24-13/h5-7,10,12,15H,4,8-9H2,1-2H3/q+1/t10-,12?,15+,18+/m1/s1. The Morgan fingerprint density at radius 1 is 1.36 bits per heavy atom. The zero-order valence-electron chi connectivity index (χ0n) is 14.1. The molecule has 0 aromatic heterocycles. The second-order valence-corrected chi connectivity index (χ2v) is 6.93. The molecule has 1 aromatic carbocycles. The lowest BCUT2D eigenvalue weighted by Crippen LogP contribution is -2.58. The quantitative estimate of drug-likeness (QED) is 0.572. The first-order valence-electron chi connectivity index (χ1n) is 8.11. The lowest BCUT2D eigenvalue weighted by molar-refractivity contribution is -0.475. The first-order valence-corrected chi connectivity index (χ1v) is 8.11. The number of ether oxygens (including phenoxy) is 2. The Kier molecular flexibility index (Phi) is 3.16. The molecule has 4 rings (SSSR count). The van der Waals surface area contributed by atoms with Crippen molar-refractivity contribution in [1.29, 1.82) is 0 Å². The smallest absolute Gasteiger partial charge is 0.410 e. The van der Waals surface area contributed by atoms with Crippen LogP contribution in [0.5, 0.6) is 11.5 Å². The molecule has 25 heavy (non-hydrogen) atoms. The molecule has 4 atom stereocenters. The van der Waals surface area contributed by atoms with Gasteiger partial charge in [-0.15, -0.1) is 0 Å². The van der Waals surface area contributed by atoms with Gasteiger partial charge in [-0.1, -0.05) is 6.07 Å². The van der Waals surface area contributed by atoms with Crippen molar-refractivity contribution in [3.8, 4) is 11.5 Å². The van der Waals surface area contributed by atoms with E-state index in [1.54, 1.807) is 30.9 Å². The van der Waals surface area contributed by atoms with Crippen molar-refractivity contribution in [3.63, 3.8) is 0 Å². The second-order valence-electron chi connectivity index (χ2n) is 6.93. The Balaban J connectivity index is 1.84.